The number of piperidine rings is 1. The second-order valence-corrected chi connectivity index (χ2v) is 7.12. The second kappa shape index (κ2) is 9.19. The van der Waals surface area contributed by atoms with Crippen LogP contribution in [0.5, 0.6) is 0 Å². The summed E-state index contributed by atoms with van der Waals surface area (Å²) in [6.45, 7) is 1.31. The Hall–Kier alpha value is -3.71. The number of hydrogen-bond donors (Lipinski definition) is 3. The number of rotatable bonds is 6. The fourth-order valence-electron chi connectivity index (χ4n) is 3.48. The van der Waals surface area contributed by atoms with Crippen molar-refractivity contribution in [2.75, 3.05) is 31.6 Å². The van der Waals surface area contributed by atoms with Gasteiger partial charge in [0.05, 0.1) is 18.3 Å². The quantitative estimate of drug-likeness (QED) is 0.458. The number of carbonyl (C=O) groups is 3. The molecular weight excluding hydrogens is 386 g/mol. The Morgan fingerprint density at radius 1 is 1.30 bits per heavy atom. The third-order valence-electron chi connectivity index (χ3n) is 5.14. The molecule has 4 N–H and O–H groups in total. The van der Waals surface area contributed by atoms with E-state index in [4.69, 9.17) is 11.0 Å². The highest BCUT2D eigenvalue weighted by Crippen LogP contribution is 2.29. The molecule has 0 atom stereocenters. The highest BCUT2D eigenvalue weighted by atomic mass is 16.2. The number of carbonyl (C=O) groups excluding carboxylic acids is 3. The second-order valence-electron chi connectivity index (χ2n) is 7.12. The van der Waals surface area contributed by atoms with Crippen LogP contribution in [0, 0.1) is 11.3 Å². The minimum Gasteiger partial charge on any atom is -0.405 e. The first-order valence-electron chi connectivity index (χ1n) is 9.50. The molecule has 1 aromatic carbocycles. The van der Waals surface area contributed by atoms with Crippen molar-refractivity contribution in [3.63, 3.8) is 0 Å². The number of nitriles is 1. The lowest BCUT2D eigenvalue weighted by atomic mass is 9.87. The molecule has 10 nitrogen and oxygen atoms in total. The Bertz CT molecular complexity index is 909. The predicted molar refractivity (Wildman–Crippen MR) is 110 cm³/mol. The molecular formula is C20H23N7O3. The fraction of sp³-hybridized carbons (Fsp3) is 0.350. The van der Waals surface area contributed by atoms with E-state index in [2.05, 4.69) is 20.5 Å². The van der Waals surface area contributed by atoms with Gasteiger partial charge in [-0.1, -0.05) is 0 Å². The van der Waals surface area contributed by atoms with E-state index in [1.165, 1.54) is 6.20 Å². The Labute approximate surface area is 174 Å². The number of nitrogens with one attached hydrogen (secondary N) is 2. The minimum atomic E-state index is -0.969. The lowest BCUT2D eigenvalue weighted by molar-refractivity contribution is -0.135. The van der Waals surface area contributed by atoms with Crippen molar-refractivity contribution in [3.8, 4) is 6.07 Å². The van der Waals surface area contributed by atoms with Crippen molar-refractivity contribution in [1.82, 2.24) is 15.1 Å². The van der Waals surface area contributed by atoms with E-state index < -0.39 is 17.5 Å². The number of nitrogens with two attached hydrogens (primary N) is 1. The number of hydrogen-bond acceptors (Lipinski definition) is 7. The highest BCUT2D eigenvalue weighted by molar-refractivity contribution is 6.10. The average molecular weight is 409 g/mol. The maximum absolute atomic E-state index is 12.9. The monoisotopic (exact) mass is 409 g/mol. The number of imide groups is 1. The van der Waals surface area contributed by atoms with E-state index >= 15 is 0 Å². The molecule has 0 radical (unpaired) electrons. The van der Waals surface area contributed by atoms with Crippen LogP contribution in [0.1, 0.15) is 18.4 Å². The van der Waals surface area contributed by atoms with Gasteiger partial charge < -0.3 is 16.4 Å². The van der Waals surface area contributed by atoms with Crippen LogP contribution in [0.4, 0.5) is 10.5 Å². The van der Waals surface area contributed by atoms with Crippen LogP contribution in [-0.4, -0.2) is 65.7 Å². The van der Waals surface area contributed by atoms with Crippen LogP contribution in [0.2, 0.25) is 0 Å². The van der Waals surface area contributed by atoms with E-state index in [0.717, 1.165) is 4.90 Å². The number of anilines is 1. The number of likely N-dealkylation sites (tertiary alicyclic amines) is 1. The van der Waals surface area contributed by atoms with Crippen molar-refractivity contribution in [3.05, 3.63) is 42.1 Å². The average Bonchev–Trinajstić information content (AvgIpc) is 2.97. The Balaban J connectivity index is 1.55. The summed E-state index contributed by atoms with van der Waals surface area (Å²) in [5.41, 5.74) is 5.23. The maximum atomic E-state index is 12.9. The predicted octanol–water partition coefficient (Wildman–Crippen LogP) is 0.384. The lowest BCUT2D eigenvalue weighted by Gasteiger charge is -2.36. The Morgan fingerprint density at radius 3 is 2.63 bits per heavy atom. The summed E-state index contributed by atoms with van der Waals surface area (Å²) >= 11 is 0. The van der Waals surface area contributed by atoms with Crippen molar-refractivity contribution in [1.29, 1.82) is 5.26 Å². The molecule has 30 heavy (non-hydrogen) atoms. The van der Waals surface area contributed by atoms with E-state index in [9.17, 15) is 14.4 Å². The highest BCUT2D eigenvalue weighted by Gasteiger charge is 2.52. The topological polar surface area (TPSA) is 144 Å². The molecule has 0 aliphatic carbocycles. The molecule has 4 amide bonds. The molecule has 2 saturated heterocycles. The van der Waals surface area contributed by atoms with Gasteiger partial charge in [0.2, 0.25) is 5.91 Å². The number of aliphatic imine (C=N–C) groups is 1. The largest absolute Gasteiger partial charge is 0.405 e. The first kappa shape index (κ1) is 21.0. The number of amides is 4. The zero-order chi connectivity index (χ0) is 21.6. The molecule has 0 aromatic heterocycles. The van der Waals surface area contributed by atoms with E-state index in [-0.39, 0.29) is 12.5 Å². The minimum absolute atomic E-state index is 0.369. The Kier molecular flexibility index (Phi) is 6.44. The summed E-state index contributed by atoms with van der Waals surface area (Å²) < 4.78 is 0. The molecule has 0 saturated carbocycles. The molecule has 0 bridgehead atoms. The Morgan fingerprint density at radius 2 is 2.00 bits per heavy atom. The maximum Gasteiger partial charge on any atom is 0.325 e. The molecule has 156 valence electrons. The number of urea groups is 1. The van der Waals surface area contributed by atoms with Gasteiger partial charge in [-0.05, 0) is 49.4 Å². The third kappa shape index (κ3) is 4.64. The summed E-state index contributed by atoms with van der Waals surface area (Å²) in [7, 11) is 0. The standard InChI is InChI=1S/C20H23N7O3/c21-8-1-9-23-14-26-10-6-20(7-11-26)18(29)27(19(30)25-20)13-17(28)24-16-4-2-15(12-22)3-5-16/h1-5,8-9H,6-7,10-11,13-14,21H2,(H,24,28)(H,25,30)/b8-1-,23-9-. The molecule has 2 heterocycles. The van der Waals surface area contributed by atoms with Gasteiger partial charge in [0.15, 0.2) is 0 Å². The molecule has 2 aliphatic rings. The lowest BCUT2D eigenvalue weighted by Crippen LogP contribution is -2.55. The smallest absolute Gasteiger partial charge is 0.325 e. The van der Waals surface area contributed by atoms with Gasteiger partial charge in [-0.2, -0.15) is 5.26 Å². The number of nitrogens with zero attached hydrogens (tertiary/aromatic N) is 4. The molecule has 0 unspecified atom stereocenters. The van der Waals surface area contributed by atoms with Gasteiger partial charge in [0.1, 0.15) is 12.1 Å². The molecule has 2 fully saturated rings. The molecule has 1 spiro atoms. The van der Waals surface area contributed by atoms with Crippen LogP contribution in [0.25, 0.3) is 0 Å². The van der Waals surface area contributed by atoms with Crippen LogP contribution in [0.3, 0.4) is 0 Å². The summed E-state index contributed by atoms with van der Waals surface area (Å²) in [4.78, 5) is 44.9. The normalized spacial score (nSPS) is 18.8. The third-order valence-corrected chi connectivity index (χ3v) is 5.14. The van der Waals surface area contributed by atoms with Gasteiger partial charge in [0.25, 0.3) is 5.91 Å². The van der Waals surface area contributed by atoms with Gasteiger partial charge in [-0.15, -0.1) is 0 Å². The zero-order valence-corrected chi connectivity index (χ0v) is 16.4. The summed E-state index contributed by atoms with van der Waals surface area (Å²) in [6.07, 6.45) is 5.54. The molecule has 1 aromatic rings. The van der Waals surface area contributed by atoms with Gasteiger partial charge in [-0.3, -0.25) is 24.4 Å². The number of allylic oxidation sites excluding steroid dienone is 1. The van der Waals surface area contributed by atoms with Crippen LogP contribution in [0.15, 0.2) is 41.5 Å². The van der Waals surface area contributed by atoms with E-state index in [0.29, 0.717) is 43.9 Å². The molecule has 2 aliphatic heterocycles. The van der Waals surface area contributed by atoms with Crippen LogP contribution >= 0.6 is 0 Å². The van der Waals surface area contributed by atoms with Crippen molar-refractivity contribution < 1.29 is 14.4 Å². The number of benzene rings is 1. The van der Waals surface area contributed by atoms with E-state index in [1.54, 1.807) is 36.6 Å². The molecule has 3 rings (SSSR count). The first-order valence-corrected chi connectivity index (χ1v) is 9.50. The fourth-order valence-corrected chi connectivity index (χ4v) is 3.48. The SMILES string of the molecule is N#Cc1ccc(NC(=O)CN2C(=O)NC3(CCN(C/N=C\C=C/N)CC3)C2=O)cc1. The van der Waals surface area contributed by atoms with Crippen molar-refractivity contribution in [2.45, 2.75) is 18.4 Å². The van der Waals surface area contributed by atoms with E-state index in [1.807, 2.05) is 6.07 Å². The summed E-state index contributed by atoms with van der Waals surface area (Å²) in [6, 6.07) is 7.75. The molecule has 10 heteroatoms. The summed E-state index contributed by atoms with van der Waals surface area (Å²) in [5.74, 6) is -0.864. The van der Waals surface area contributed by atoms with Gasteiger partial charge in [0, 0.05) is 25.0 Å². The zero-order valence-electron chi connectivity index (χ0n) is 16.4. The van der Waals surface area contributed by atoms with Gasteiger partial charge in [-0.25, -0.2) is 4.79 Å². The van der Waals surface area contributed by atoms with Crippen LogP contribution < -0.4 is 16.4 Å². The van der Waals surface area contributed by atoms with Crippen LogP contribution in [-0.2, 0) is 9.59 Å². The summed E-state index contributed by atoms with van der Waals surface area (Å²) in [5, 5.41) is 14.2. The van der Waals surface area contributed by atoms with Gasteiger partial charge >= 0.3 is 6.03 Å². The van der Waals surface area contributed by atoms with Crippen molar-refractivity contribution in [2.24, 2.45) is 10.7 Å². The van der Waals surface area contributed by atoms with Crippen molar-refractivity contribution >= 4 is 29.7 Å². The first-order chi connectivity index (χ1) is 14.5.